The summed E-state index contributed by atoms with van der Waals surface area (Å²) in [5.74, 6) is -1.39. The number of aryl methyl sites for hydroxylation is 4. The summed E-state index contributed by atoms with van der Waals surface area (Å²) in [6, 6.07) is 4.31. The van der Waals surface area contributed by atoms with Gasteiger partial charge in [-0.05, 0) is 85.5 Å². The fourth-order valence-electron chi connectivity index (χ4n) is 3.61. The lowest BCUT2D eigenvalue weighted by molar-refractivity contribution is -0.139. The zero-order chi connectivity index (χ0) is 30.1. The summed E-state index contributed by atoms with van der Waals surface area (Å²) in [5.41, 5.74) is 9.31. The lowest BCUT2D eigenvalue weighted by atomic mass is 9.95. The molecular weight excluding hydrogens is 548 g/mol. The lowest BCUT2D eigenvalue weighted by Gasteiger charge is -2.15. The first-order valence-electron chi connectivity index (χ1n) is 11.4. The molecule has 0 radical (unpaired) electrons. The van der Waals surface area contributed by atoms with Crippen LogP contribution in [0, 0.1) is 13.8 Å². The molecule has 0 aliphatic rings. The van der Waals surface area contributed by atoms with Gasteiger partial charge in [-0.1, -0.05) is 24.3 Å². The minimum atomic E-state index is -4.56. The van der Waals surface area contributed by atoms with E-state index in [4.69, 9.17) is 23.1 Å². The van der Waals surface area contributed by atoms with Crippen LogP contribution in [0.3, 0.4) is 0 Å². The van der Waals surface area contributed by atoms with Crippen LogP contribution < -0.4 is 11.5 Å². The van der Waals surface area contributed by atoms with Gasteiger partial charge in [-0.3, -0.25) is 9.59 Å². The molecule has 5 nitrogen and oxygen atoms in total. The highest BCUT2D eigenvalue weighted by Crippen LogP contribution is 2.36. The number of hydrogen-bond donors (Lipinski definition) is 2. The second-order valence-electron chi connectivity index (χ2n) is 8.41. The van der Waals surface area contributed by atoms with E-state index >= 15 is 0 Å². The molecule has 0 fully saturated rings. The van der Waals surface area contributed by atoms with Gasteiger partial charge < -0.3 is 11.5 Å². The van der Waals surface area contributed by atoms with E-state index in [1.807, 2.05) is 0 Å². The zero-order valence-corrected chi connectivity index (χ0v) is 22.0. The molecule has 2 rings (SSSR count). The highest BCUT2D eigenvalue weighted by molar-refractivity contribution is 6.67. The van der Waals surface area contributed by atoms with Crippen LogP contribution in [0.15, 0.2) is 54.6 Å². The fraction of sp³-hybridized carbons (Fsp3) is 0.296. The molecule has 2 aromatic carbocycles. The molecule has 0 saturated heterocycles. The number of rotatable bonds is 8. The van der Waals surface area contributed by atoms with Gasteiger partial charge >= 0.3 is 12.4 Å². The van der Waals surface area contributed by atoms with Crippen molar-refractivity contribution in [2.45, 2.75) is 51.9 Å². The number of nitrogens with two attached hydrogens (primary N) is 2. The first-order chi connectivity index (χ1) is 17.9. The first kappa shape index (κ1) is 33.4. The van der Waals surface area contributed by atoms with Crippen LogP contribution in [-0.2, 0) is 25.2 Å². The van der Waals surface area contributed by atoms with E-state index in [1.54, 1.807) is 13.0 Å². The van der Waals surface area contributed by atoms with E-state index in [0.717, 1.165) is 12.1 Å². The van der Waals surface area contributed by atoms with Crippen molar-refractivity contribution in [2.24, 2.45) is 16.5 Å². The Labute approximate surface area is 227 Å². The van der Waals surface area contributed by atoms with E-state index in [-0.39, 0.29) is 35.1 Å². The Balaban J connectivity index is 0.000000395. The van der Waals surface area contributed by atoms with Gasteiger partial charge in [0.05, 0.1) is 11.1 Å². The molecule has 0 bridgehead atoms. The van der Waals surface area contributed by atoms with Crippen molar-refractivity contribution in [3.63, 3.8) is 0 Å². The summed E-state index contributed by atoms with van der Waals surface area (Å²) >= 11 is 5.26. The van der Waals surface area contributed by atoms with E-state index in [1.165, 1.54) is 25.1 Å². The molecule has 0 spiro atoms. The van der Waals surface area contributed by atoms with E-state index < -0.39 is 40.6 Å². The largest absolute Gasteiger partial charge is 0.416 e. The standard InChI is InChI=1S/C14H16F3N3O.C13H12ClF3O/c1-3-4-5-9-6-8(2)10(12(21)20-13(18)19)7-11(9)14(15,16)17;1-3-4-5-9-6-8(2)10(12(14)18)7-11(9)13(15,16)17/h3,6-7H,1,4-5H2,2H3,(H4,18,19,20,21);3,6-7H,1,4-5H2,2H3. The second kappa shape index (κ2) is 14.0. The maximum Gasteiger partial charge on any atom is 0.416 e. The minimum Gasteiger partial charge on any atom is -0.370 e. The van der Waals surface area contributed by atoms with Gasteiger partial charge in [0, 0.05) is 11.1 Å². The van der Waals surface area contributed by atoms with Gasteiger partial charge in [0.15, 0.2) is 5.96 Å². The number of allylic oxidation sites excluding steroid dienone is 2. The molecule has 1 amide bonds. The van der Waals surface area contributed by atoms with Gasteiger partial charge in [0.25, 0.3) is 11.1 Å². The van der Waals surface area contributed by atoms with Crippen molar-refractivity contribution >= 4 is 28.7 Å². The molecule has 0 unspecified atom stereocenters. The number of carbonyl (C=O) groups excluding carboxylic acids is 2. The summed E-state index contributed by atoms with van der Waals surface area (Å²) in [4.78, 5) is 26.1. The second-order valence-corrected chi connectivity index (χ2v) is 8.76. The summed E-state index contributed by atoms with van der Waals surface area (Å²) in [7, 11) is 0. The molecule has 0 aliphatic heterocycles. The topological polar surface area (TPSA) is 98.5 Å². The molecule has 0 saturated carbocycles. The third-order valence-electron chi connectivity index (χ3n) is 5.42. The predicted octanol–water partition coefficient (Wildman–Crippen LogP) is 7.06. The van der Waals surface area contributed by atoms with Crippen molar-refractivity contribution in [3.8, 4) is 0 Å². The Morgan fingerprint density at radius 1 is 0.821 bits per heavy atom. The maximum absolute atomic E-state index is 13.1. The maximum atomic E-state index is 13.1. The number of carbonyl (C=O) groups is 2. The zero-order valence-electron chi connectivity index (χ0n) is 21.3. The van der Waals surface area contributed by atoms with Crippen molar-refractivity contribution < 1.29 is 35.9 Å². The SMILES string of the molecule is C=CCCc1cc(C)c(C(=O)Cl)cc1C(F)(F)F.C=CCCc1cc(C)c(C(=O)N=C(N)N)cc1C(F)(F)F. The predicted molar refractivity (Wildman–Crippen MR) is 140 cm³/mol. The van der Waals surface area contributed by atoms with Crippen LogP contribution in [-0.4, -0.2) is 17.1 Å². The highest BCUT2D eigenvalue weighted by atomic mass is 35.5. The normalized spacial score (nSPS) is 11.2. The van der Waals surface area contributed by atoms with Crippen LogP contribution in [0.2, 0.25) is 0 Å². The van der Waals surface area contributed by atoms with Crippen molar-refractivity contribution in [1.29, 1.82) is 0 Å². The molecular formula is C27H28ClF6N3O2. The Morgan fingerprint density at radius 3 is 1.54 bits per heavy atom. The number of nitrogens with zero attached hydrogens (tertiary/aromatic N) is 1. The number of hydrogen-bond acceptors (Lipinski definition) is 2. The Bertz CT molecular complexity index is 1260. The van der Waals surface area contributed by atoms with E-state index in [0.29, 0.717) is 24.0 Å². The molecule has 0 heterocycles. The van der Waals surface area contributed by atoms with Gasteiger partial charge in [0.2, 0.25) is 0 Å². The summed E-state index contributed by atoms with van der Waals surface area (Å²) in [5, 5.41) is -0.881. The Kier molecular flexibility index (Phi) is 12.0. The third-order valence-corrected chi connectivity index (χ3v) is 5.62. The van der Waals surface area contributed by atoms with Crippen molar-refractivity contribution in [3.05, 3.63) is 94.1 Å². The smallest absolute Gasteiger partial charge is 0.370 e. The molecule has 2 aromatic rings. The molecule has 39 heavy (non-hydrogen) atoms. The number of alkyl halides is 6. The number of guanidine groups is 1. The average Bonchev–Trinajstić information content (AvgIpc) is 2.79. The molecule has 12 heteroatoms. The summed E-state index contributed by atoms with van der Waals surface area (Å²) in [6.07, 6.45) is -4.70. The van der Waals surface area contributed by atoms with Crippen molar-refractivity contribution in [2.75, 3.05) is 0 Å². The Hall–Kier alpha value is -3.60. The third kappa shape index (κ3) is 9.90. The average molecular weight is 576 g/mol. The first-order valence-corrected chi connectivity index (χ1v) is 11.8. The molecule has 4 N–H and O–H groups in total. The number of benzene rings is 2. The number of amides is 1. The van der Waals surface area contributed by atoms with Crippen LogP contribution in [0.1, 0.15) is 66.9 Å². The van der Waals surface area contributed by atoms with Gasteiger partial charge in [0.1, 0.15) is 0 Å². The highest BCUT2D eigenvalue weighted by Gasteiger charge is 2.35. The quantitative estimate of drug-likeness (QED) is 0.116. The minimum absolute atomic E-state index is 0.105. The molecule has 0 aliphatic carbocycles. The van der Waals surface area contributed by atoms with Crippen LogP contribution in [0.25, 0.3) is 0 Å². The monoisotopic (exact) mass is 575 g/mol. The lowest BCUT2D eigenvalue weighted by Crippen LogP contribution is -2.24. The molecule has 0 atom stereocenters. The summed E-state index contributed by atoms with van der Waals surface area (Å²) < 4.78 is 77.9. The van der Waals surface area contributed by atoms with Crippen LogP contribution >= 0.6 is 11.6 Å². The van der Waals surface area contributed by atoms with Gasteiger partial charge in [-0.15, -0.1) is 13.2 Å². The van der Waals surface area contributed by atoms with E-state index in [9.17, 15) is 35.9 Å². The van der Waals surface area contributed by atoms with Gasteiger partial charge in [-0.25, -0.2) is 0 Å². The van der Waals surface area contributed by atoms with E-state index in [2.05, 4.69) is 18.2 Å². The van der Waals surface area contributed by atoms with Gasteiger partial charge in [-0.2, -0.15) is 31.3 Å². The number of halogens is 7. The van der Waals surface area contributed by atoms with Crippen LogP contribution in [0.4, 0.5) is 26.3 Å². The fourth-order valence-corrected chi connectivity index (χ4v) is 3.82. The molecule has 0 aromatic heterocycles. The number of aliphatic imine (C=N–C) groups is 1. The van der Waals surface area contributed by atoms with Crippen LogP contribution in [0.5, 0.6) is 0 Å². The summed E-state index contributed by atoms with van der Waals surface area (Å²) in [6.45, 7) is 10.1. The van der Waals surface area contributed by atoms with Crippen molar-refractivity contribution in [1.82, 2.24) is 0 Å². The Morgan fingerprint density at radius 2 is 1.21 bits per heavy atom. The molecule has 212 valence electrons.